The fourth-order valence-corrected chi connectivity index (χ4v) is 3.48. The lowest BCUT2D eigenvalue weighted by Crippen LogP contribution is -2.37. The highest BCUT2D eigenvalue weighted by Crippen LogP contribution is 2.24. The summed E-state index contributed by atoms with van der Waals surface area (Å²) < 4.78 is 12.9. The molecule has 0 bridgehead atoms. The molecule has 0 aliphatic rings. The molecule has 0 fully saturated rings. The third-order valence-electron chi connectivity index (χ3n) is 3.91. The summed E-state index contributed by atoms with van der Waals surface area (Å²) in [6.45, 7) is 7.20. The van der Waals surface area contributed by atoms with Gasteiger partial charge in [0.25, 0.3) is 0 Å². The van der Waals surface area contributed by atoms with Gasteiger partial charge in [-0.3, -0.25) is 9.69 Å². The number of ketones is 1. The van der Waals surface area contributed by atoms with Crippen LogP contribution < -0.4 is 5.32 Å². The van der Waals surface area contributed by atoms with Gasteiger partial charge in [-0.25, -0.2) is 4.39 Å². The van der Waals surface area contributed by atoms with Crippen LogP contribution in [-0.4, -0.2) is 36.9 Å². The van der Waals surface area contributed by atoms with Crippen LogP contribution in [0.25, 0.3) is 0 Å². The second-order valence-electron chi connectivity index (χ2n) is 5.31. The van der Waals surface area contributed by atoms with Crippen LogP contribution in [0.5, 0.6) is 0 Å². The highest BCUT2D eigenvalue weighted by atomic mass is 32.1. The summed E-state index contributed by atoms with van der Waals surface area (Å²) >= 11 is 1.74. The summed E-state index contributed by atoms with van der Waals surface area (Å²) in [7, 11) is 0. The smallest absolute Gasteiger partial charge is 0.176 e. The lowest BCUT2D eigenvalue weighted by atomic mass is 10.1. The number of nitrogens with one attached hydrogen (secondary N) is 1. The van der Waals surface area contributed by atoms with Crippen LogP contribution in [0.4, 0.5) is 4.39 Å². The first kappa shape index (κ1) is 17.8. The van der Waals surface area contributed by atoms with Gasteiger partial charge in [-0.1, -0.05) is 19.9 Å². The van der Waals surface area contributed by atoms with E-state index in [0.29, 0.717) is 5.56 Å². The van der Waals surface area contributed by atoms with Crippen LogP contribution in [0, 0.1) is 5.82 Å². The quantitative estimate of drug-likeness (QED) is 0.709. The minimum Gasteiger partial charge on any atom is -0.308 e. The van der Waals surface area contributed by atoms with E-state index in [0.717, 1.165) is 19.6 Å². The zero-order valence-corrected chi connectivity index (χ0v) is 14.4. The molecule has 1 aromatic carbocycles. The standard InChI is InChI=1S/C18H23FN2OS/c1-3-21(4-2)16(18-6-5-11-23-18)12-20-13-17(22)14-7-9-15(19)10-8-14/h5-11,16,20H,3-4,12-13H2,1-2H3. The monoisotopic (exact) mass is 334 g/mol. The van der Waals surface area contributed by atoms with E-state index in [4.69, 9.17) is 0 Å². The number of rotatable bonds is 9. The highest BCUT2D eigenvalue weighted by Gasteiger charge is 2.19. The number of hydrogen-bond acceptors (Lipinski definition) is 4. The van der Waals surface area contributed by atoms with Crippen molar-refractivity contribution in [2.45, 2.75) is 19.9 Å². The van der Waals surface area contributed by atoms with E-state index >= 15 is 0 Å². The molecule has 1 unspecified atom stereocenters. The summed E-state index contributed by atoms with van der Waals surface area (Å²) in [6, 6.07) is 10.2. The summed E-state index contributed by atoms with van der Waals surface area (Å²) in [4.78, 5) is 15.8. The van der Waals surface area contributed by atoms with Crippen molar-refractivity contribution in [1.82, 2.24) is 10.2 Å². The summed E-state index contributed by atoms with van der Waals surface area (Å²) in [5.41, 5.74) is 0.536. The maximum absolute atomic E-state index is 12.9. The van der Waals surface area contributed by atoms with Gasteiger partial charge in [-0.15, -0.1) is 11.3 Å². The molecular formula is C18H23FN2OS. The number of nitrogens with zero attached hydrogens (tertiary/aromatic N) is 1. The van der Waals surface area contributed by atoms with Gasteiger partial charge in [0, 0.05) is 17.0 Å². The Labute approximate surface area is 141 Å². The van der Waals surface area contributed by atoms with Crippen molar-refractivity contribution in [3.05, 3.63) is 58.0 Å². The number of likely N-dealkylation sites (N-methyl/N-ethyl adjacent to an activating group) is 1. The fourth-order valence-electron chi connectivity index (χ4n) is 2.62. The molecular weight excluding hydrogens is 311 g/mol. The molecule has 124 valence electrons. The van der Waals surface area contributed by atoms with Gasteiger partial charge in [0.1, 0.15) is 5.82 Å². The zero-order chi connectivity index (χ0) is 16.7. The van der Waals surface area contributed by atoms with Crippen LogP contribution in [-0.2, 0) is 0 Å². The average Bonchev–Trinajstić information content (AvgIpc) is 3.09. The largest absolute Gasteiger partial charge is 0.308 e. The van der Waals surface area contributed by atoms with Crippen molar-refractivity contribution < 1.29 is 9.18 Å². The number of carbonyl (C=O) groups excluding carboxylic acids is 1. The van der Waals surface area contributed by atoms with E-state index in [1.807, 2.05) is 0 Å². The molecule has 0 spiro atoms. The van der Waals surface area contributed by atoms with Crippen LogP contribution in [0.1, 0.15) is 35.1 Å². The number of halogens is 1. The van der Waals surface area contributed by atoms with Crippen molar-refractivity contribution in [1.29, 1.82) is 0 Å². The van der Waals surface area contributed by atoms with Gasteiger partial charge in [0.15, 0.2) is 5.78 Å². The van der Waals surface area contributed by atoms with Gasteiger partial charge in [0.05, 0.1) is 12.6 Å². The Bertz CT molecular complexity index is 594. The van der Waals surface area contributed by atoms with E-state index in [1.165, 1.54) is 29.1 Å². The van der Waals surface area contributed by atoms with Crippen LogP contribution in [0.2, 0.25) is 0 Å². The SMILES string of the molecule is CCN(CC)C(CNCC(=O)c1ccc(F)cc1)c1cccs1. The highest BCUT2D eigenvalue weighted by molar-refractivity contribution is 7.10. The van der Waals surface area contributed by atoms with Gasteiger partial charge < -0.3 is 5.32 Å². The Kier molecular flexibility index (Phi) is 6.89. The average molecular weight is 334 g/mol. The molecule has 0 saturated carbocycles. The van der Waals surface area contributed by atoms with Crippen molar-refractivity contribution in [2.24, 2.45) is 0 Å². The van der Waals surface area contributed by atoms with E-state index in [2.05, 4.69) is 41.6 Å². The minimum atomic E-state index is -0.325. The molecule has 0 aliphatic carbocycles. The molecule has 23 heavy (non-hydrogen) atoms. The normalized spacial score (nSPS) is 12.5. The molecule has 3 nitrogen and oxygen atoms in total. The van der Waals surface area contributed by atoms with Crippen LogP contribution in [0.15, 0.2) is 41.8 Å². The first-order valence-corrected chi connectivity index (χ1v) is 8.80. The third-order valence-corrected chi connectivity index (χ3v) is 4.89. The molecule has 0 saturated heterocycles. The summed E-state index contributed by atoms with van der Waals surface area (Å²) in [5.74, 6) is -0.344. The number of benzene rings is 1. The first-order valence-electron chi connectivity index (χ1n) is 7.92. The molecule has 1 N–H and O–H groups in total. The van der Waals surface area contributed by atoms with Crippen LogP contribution >= 0.6 is 11.3 Å². The zero-order valence-electron chi connectivity index (χ0n) is 13.6. The molecule has 0 radical (unpaired) electrons. The second kappa shape index (κ2) is 8.91. The van der Waals surface area contributed by atoms with Gasteiger partial charge in [-0.2, -0.15) is 0 Å². The van der Waals surface area contributed by atoms with E-state index in [1.54, 1.807) is 11.3 Å². The van der Waals surface area contributed by atoms with E-state index < -0.39 is 0 Å². The van der Waals surface area contributed by atoms with Gasteiger partial charge >= 0.3 is 0 Å². The Balaban J connectivity index is 1.93. The topological polar surface area (TPSA) is 32.3 Å². The molecule has 2 rings (SSSR count). The Hall–Kier alpha value is -1.56. The molecule has 2 aromatic rings. The predicted octanol–water partition coefficient (Wildman–Crippen LogP) is 3.74. The van der Waals surface area contributed by atoms with Gasteiger partial charge in [0.2, 0.25) is 0 Å². The molecule has 1 atom stereocenters. The summed E-state index contributed by atoms with van der Waals surface area (Å²) in [5, 5.41) is 5.34. The first-order chi connectivity index (χ1) is 11.2. The van der Waals surface area contributed by atoms with E-state index in [-0.39, 0.29) is 24.2 Å². The van der Waals surface area contributed by atoms with Crippen molar-refractivity contribution in [3.63, 3.8) is 0 Å². The number of thiophene rings is 1. The Morgan fingerprint density at radius 1 is 1.22 bits per heavy atom. The fraction of sp³-hybridized carbons (Fsp3) is 0.389. The lowest BCUT2D eigenvalue weighted by Gasteiger charge is -2.29. The minimum absolute atomic E-state index is 0.0190. The molecule has 0 amide bonds. The lowest BCUT2D eigenvalue weighted by molar-refractivity contribution is 0.0987. The molecule has 5 heteroatoms. The second-order valence-corrected chi connectivity index (χ2v) is 6.29. The summed E-state index contributed by atoms with van der Waals surface area (Å²) in [6.07, 6.45) is 0. The number of carbonyl (C=O) groups is 1. The van der Waals surface area contributed by atoms with Crippen LogP contribution in [0.3, 0.4) is 0 Å². The molecule has 1 aromatic heterocycles. The Morgan fingerprint density at radius 3 is 2.48 bits per heavy atom. The Morgan fingerprint density at radius 2 is 1.91 bits per heavy atom. The predicted molar refractivity (Wildman–Crippen MR) is 93.6 cm³/mol. The number of hydrogen-bond donors (Lipinski definition) is 1. The maximum Gasteiger partial charge on any atom is 0.176 e. The molecule has 0 aliphatic heterocycles. The third kappa shape index (κ3) is 4.96. The van der Waals surface area contributed by atoms with Gasteiger partial charge in [-0.05, 0) is 48.8 Å². The maximum atomic E-state index is 12.9. The van der Waals surface area contributed by atoms with Crippen molar-refractivity contribution in [3.8, 4) is 0 Å². The van der Waals surface area contributed by atoms with E-state index in [9.17, 15) is 9.18 Å². The number of Topliss-reactive ketones (excluding diaryl/α,β-unsaturated/α-hetero) is 1. The van der Waals surface area contributed by atoms with Crippen molar-refractivity contribution in [2.75, 3.05) is 26.2 Å². The van der Waals surface area contributed by atoms with Crippen molar-refractivity contribution >= 4 is 17.1 Å². The molecule has 1 heterocycles.